The van der Waals surface area contributed by atoms with Crippen LogP contribution >= 0.6 is 0 Å². The molecule has 1 aliphatic heterocycles. The Balaban J connectivity index is 1.59. The first-order valence-corrected chi connectivity index (χ1v) is 15.1. The van der Waals surface area contributed by atoms with Crippen LogP contribution in [0.15, 0.2) is 36.4 Å². The van der Waals surface area contributed by atoms with Crippen LogP contribution < -0.4 is 4.74 Å². The summed E-state index contributed by atoms with van der Waals surface area (Å²) in [5.74, 6) is -1.34. The van der Waals surface area contributed by atoms with Crippen molar-refractivity contribution < 1.29 is 63.7 Å². The number of carboxylic acid groups (broad SMARTS) is 1. The second-order valence-electron chi connectivity index (χ2n) is 12.1. The number of ether oxygens (including phenoxy) is 2. The number of aryl methyl sites for hydroxylation is 1. The average Bonchev–Trinajstić information content (AvgIpc) is 3.25. The standard InChI is InChI=1S/C32H34F9NO5/c1-3-18(19-6-8-21(9-7-19)28(43)44)4-5-20-10-11-26(47-32(39,40)41)14-23(20)16-42-17(2)27(46-29(42)45)22-12-24(30(33,34)35)15-25(13-22)31(36,37)38/h10-15,17-19,21,27H,3-9,16H2,1-2H3,(H,43,44)/t17-,18?,19?,21?,27-/m0/s1. The van der Waals surface area contributed by atoms with E-state index in [2.05, 4.69) is 4.74 Å². The summed E-state index contributed by atoms with van der Waals surface area (Å²) in [6.45, 7) is 3.00. The average molecular weight is 684 g/mol. The van der Waals surface area contributed by atoms with Crippen molar-refractivity contribution in [1.29, 1.82) is 0 Å². The molecule has 6 nitrogen and oxygen atoms in total. The molecule has 15 heteroatoms. The van der Waals surface area contributed by atoms with Crippen molar-refractivity contribution >= 4 is 12.1 Å². The SMILES string of the molecule is CCC(CCc1ccc(OC(F)(F)F)cc1CN1C(=O)O[C@H](c2cc(C(F)(F)F)cc(C(F)(F)F)c2)[C@@H]1C)C1CCC(C(=O)O)CC1. The Bertz CT molecular complexity index is 1400. The van der Waals surface area contributed by atoms with Crippen LogP contribution in [0.4, 0.5) is 44.3 Å². The van der Waals surface area contributed by atoms with E-state index in [4.69, 9.17) is 4.74 Å². The lowest BCUT2D eigenvalue weighted by Crippen LogP contribution is -2.32. The molecule has 0 spiro atoms. The summed E-state index contributed by atoms with van der Waals surface area (Å²) in [6, 6.07) is 3.47. The van der Waals surface area contributed by atoms with Crippen molar-refractivity contribution in [3.8, 4) is 5.75 Å². The number of benzene rings is 2. The molecule has 1 saturated heterocycles. The van der Waals surface area contributed by atoms with E-state index in [0.29, 0.717) is 43.4 Å². The molecule has 1 N–H and O–H groups in total. The maximum Gasteiger partial charge on any atom is 0.573 e. The summed E-state index contributed by atoms with van der Waals surface area (Å²) in [5, 5.41) is 9.31. The van der Waals surface area contributed by atoms with Crippen LogP contribution in [0.25, 0.3) is 0 Å². The van der Waals surface area contributed by atoms with Crippen molar-refractivity contribution in [1.82, 2.24) is 4.90 Å². The molecule has 260 valence electrons. The zero-order chi connectivity index (χ0) is 34.9. The van der Waals surface area contributed by atoms with Crippen LogP contribution in [0.3, 0.4) is 0 Å². The number of aliphatic carboxylic acids is 1. The van der Waals surface area contributed by atoms with Gasteiger partial charge in [0.05, 0.1) is 23.1 Å². The number of rotatable bonds is 10. The van der Waals surface area contributed by atoms with Crippen molar-refractivity contribution in [2.45, 2.75) is 96.2 Å². The largest absolute Gasteiger partial charge is 0.573 e. The molecular weight excluding hydrogens is 649 g/mol. The number of carbonyl (C=O) groups is 2. The summed E-state index contributed by atoms with van der Waals surface area (Å²) in [6.07, 6.45) is -13.5. The molecule has 0 bridgehead atoms. The number of cyclic esters (lactones) is 1. The Labute approximate surface area is 264 Å². The van der Waals surface area contributed by atoms with E-state index < -0.39 is 71.3 Å². The van der Waals surface area contributed by atoms with Crippen LogP contribution in [-0.4, -0.2) is 34.5 Å². The number of halogens is 9. The highest BCUT2D eigenvalue weighted by molar-refractivity contribution is 5.71. The first kappa shape index (κ1) is 36.2. The highest BCUT2D eigenvalue weighted by Gasteiger charge is 2.43. The minimum absolute atomic E-state index is 0.0392. The molecule has 2 aliphatic rings. The fourth-order valence-corrected chi connectivity index (χ4v) is 6.63. The summed E-state index contributed by atoms with van der Waals surface area (Å²) in [5.41, 5.74) is -2.89. The summed E-state index contributed by atoms with van der Waals surface area (Å²) >= 11 is 0. The van der Waals surface area contributed by atoms with Crippen molar-refractivity contribution in [3.63, 3.8) is 0 Å². The normalized spacial score (nSPS) is 23.0. The van der Waals surface area contributed by atoms with Gasteiger partial charge in [0.2, 0.25) is 0 Å². The van der Waals surface area contributed by atoms with Gasteiger partial charge >= 0.3 is 30.8 Å². The van der Waals surface area contributed by atoms with Crippen LogP contribution in [0.5, 0.6) is 5.75 Å². The predicted octanol–water partition coefficient (Wildman–Crippen LogP) is 9.55. The number of amides is 1. The Hall–Kier alpha value is -3.65. The molecule has 2 aromatic rings. The first-order chi connectivity index (χ1) is 21.8. The van der Waals surface area contributed by atoms with E-state index in [1.165, 1.54) is 13.0 Å². The lowest BCUT2D eigenvalue weighted by Gasteiger charge is -2.32. The smallest absolute Gasteiger partial charge is 0.481 e. The van der Waals surface area contributed by atoms with Gasteiger partial charge in [-0.15, -0.1) is 13.2 Å². The lowest BCUT2D eigenvalue weighted by atomic mass is 9.73. The minimum atomic E-state index is -5.12. The molecule has 1 amide bonds. The van der Waals surface area contributed by atoms with E-state index in [1.807, 2.05) is 6.92 Å². The fourth-order valence-electron chi connectivity index (χ4n) is 6.63. The van der Waals surface area contributed by atoms with Crippen LogP contribution in [0, 0.1) is 17.8 Å². The summed E-state index contributed by atoms with van der Waals surface area (Å²) in [4.78, 5) is 25.4. The van der Waals surface area contributed by atoms with E-state index in [0.717, 1.165) is 36.3 Å². The fraction of sp³-hybridized carbons (Fsp3) is 0.562. The molecule has 0 aromatic heterocycles. The monoisotopic (exact) mass is 683 g/mol. The van der Waals surface area contributed by atoms with Gasteiger partial charge in [-0.05, 0) is 104 Å². The van der Waals surface area contributed by atoms with E-state index in [-0.39, 0.29) is 30.0 Å². The van der Waals surface area contributed by atoms with Gasteiger partial charge in [0.15, 0.2) is 0 Å². The Morgan fingerprint density at radius 2 is 1.53 bits per heavy atom. The number of carboxylic acids is 1. The Kier molecular flexibility index (Phi) is 10.7. The first-order valence-electron chi connectivity index (χ1n) is 15.1. The van der Waals surface area contributed by atoms with Crippen LogP contribution in [0.1, 0.15) is 86.3 Å². The topological polar surface area (TPSA) is 76.1 Å². The van der Waals surface area contributed by atoms with Gasteiger partial charge in [-0.2, -0.15) is 26.3 Å². The molecule has 2 aromatic carbocycles. The van der Waals surface area contributed by atoms with E-state index >= 15 is 0 Å². The molecule has 2 fully saturated rings. The molecule has 3 atom stereocenters. The zero-order valence-electron chi connectivity index (χ0n) is 25.4. The molecule has 1 unspecified atom stereocenters. The van der Waals surface area contributed by atoms with Gasteiger partial charge in [0, 0.05) is 6.54 Å². The molecule has 1 saturated carbocycles. The maximum atomic E-state index is 13.5. The number of hydrogen-bond donors (Lipinski definition) is 1. The molecule has 4 rings (SSSR count). The molecule has 0 radical (unpaired) electrons. The van der Waals surface area contributed by atoms with Crippen molar-refractivity contribution in [2.75, 3.05) is 0 Å². The van der Waals surface area contributed by atoms with Gasteiger partial charge in [-0.25, -0.2) is 4.79 Å². The van der Waals surface area contributed by atoms with E-state index in [9.17, 15) is 54.2 Å². The number of nitrogens with zero attached hydrogens (tertiary/aromatic N) is 1. The van der Waals surface area contributed by atoms with Crippen LogP contribution in [-0.2, 0) is 34.8 Å². The quantitative estimate of drug-likeness (QED) is 0.253. The zero-order valence-corrected chi connectivity index (χ0v) is 25.4. The molecule has 47 heavy (non-hydrogen) atoms. The number of alkyl halides is 9. The second-order valence-corrected chi connectivity index (χ2v) is 12.1. The summed E-state index contributed by atoms with van der Waals surface area (Å²) < 4.78 is 129. The Morgan fingerprint density at radius 3 is 2.04 bits per heavy atom. The predicted molar refractivity (Wildman–Crippen MR) is 149 cm³/mol. The van der Waals surface area contributed by atoms with Crippen LogP contribution in [0.2, 0.25) is 0 Å². The minimum Gasteiger partial charge on any atom is -0.481 e. The molecule has 1 heterocycles. The second kappa shape index (κ2) is 13.8. The highest BCUT2D eigenvalue weighted by Crippen LogP contribution is 2.42. The van der Waals surface area contributed by atoms with Gasteiger partial charge in [0.25, 0.3) is 0 Å². The van der Waals surface area contributed by atoms with Gasteiger partial charge < -0.3 is 14.6 Å². The van der Waals surface area contributed by atoms with Gasteiger partial charge in [0.1, 0.15) is 11.9 Å². The third-order valence-electron chi connectivity index (χ3n) is 9.18. The van der Waals surface area contributed by atoms with E-state index in [1.54, 1.807) is 0 Å². The van der Waals surface area contributed by atoms with Crippen molar-refractivity contribution in [2.24, 2.45) is 17.8 Å². The highest BCUT2D eigenvalue weighted by atomic mass is 19.4. The van der Waals surface area contributed by atoms with Gasteiger partial charge in [-0.1, -0.05) is 19.4 Å². The third-order valence-corrected chi connectivity index (χ3v) is 9.18. The van der Waals surface area contributed by atoms with Crippen molar-refractivity contribution in [3.05, 3.63) is 64.2 Å². The summed E-state index contributed by atoms with van der Waals surface area (Å²) in [7, 11) is 0. The molecular formula is C32H34F9NO5. The number of carbonyl (C=O) groups excluding carboxylic acids is 1. The lowest BCUT2D eigenvalue weighted by molar-refractivity contribution is -0.274. The van der Waals surface area contributed by atoms with Gasteiger partial charge in [-0.3, -0.25) is 9.69 Å². The third kappa shape index (κ3) is 9.04. The maximum absolute atomic E-state index is 13.5. The number of hydrogen-bond acceptors (Lipinski definition) is 4. The molecule has 1 aliphatic carbocycles. The Morgan fingerprint density at radius 1 is 0.936 bits per heavy atom.